The standard InChI is InChI=1S/C84H115N19O16S/c1-46(2)42-64-78(113)94-59(31-36-85)73(108)93-62(34-39-88)77(112)100-68(49(5)104)80(115)91-41-35-63(76(111)92-60(32-37-86)75(110)98-65(79(114)97-64)43-51-20-13-12-14-21-51)95-74(109)61(33-38-87)96-81(116)69(50(6)105)99-71(106)47(3)48(4)82(117)119-45-52-22-19-25-57(84(7,8)9)70(52)102(11)83(118)103-66-44-54(120-67-26-16-15-24-56(67)72(107)89-10)28-29-55(66)58(101-103)30-27-53-23-17-18-40-90-53/h12-30,40,44,46-50,59-65,68-69,104-105H,31-39,41-43,45,85-88H2,1-11H3,(H,89,107)(H,91,115)(H,92,111)(H,93,108)(H,94,113)(H,95,109)(H,96,116)(H,97,114)(H,98,110)(H,99,106)(H,100,112)/b30-27+/t47?,48?,49-,50-,59-,60-,61-,62-,63+,64-,65-,68-,69+/m1/s1. The number of benzene rings is 4. The average Bonchev–Trinajstić information content (AvgIpc) is 1.57. The minimum absolute atomic E-state index is 0.0196. The normalized spacial score (nSPS) is 19.8. The molecule has 6 aromatic rings. The zero-order valence-electron chi connectivity index (χ0n) is 69.5. The number of hydrogen-bond donors (Lipinski definition) is 17. The summed E-state index contributed by atoms with van der Waals surface area (Å²) in [6.45, 7) is 12.9. The number of hydrogen-bond acceptors (Lipinski definition) is 23. The monoisotopic (exact) mass is 1680 g/mol. The van der Waals surface area contributed by atoms with Gasteiger partial charge in [0.05, 0.1) is 46.3 Å². The number of pyridine rings is 1. The molecule has 0 bridgehead atoms. The molecule has 1 fully saturated rings. The summed E-state index contributed by atoms with van der Waals surface area (Å²) in [5, 5.41) is 55.9. The molecule has 4 aromatic carbocycles. The molecule has 36 heteroatoms. The Morgan fingerprint density at radius 3 is 1.83 bits per heavy atom. The van der Waals surface area contributed by atoms with E-state index in [1.54, 1.807) is 107 Å². The smallest absolute Gasteiger partial charge is 0.349 e. The highest BCUT2D eigenvalue weighted by Gasteiger charge is 2.40. The number of amides is 12. The van der Waals surface area contributed by atoms with Crippen molar-refractivity contribution in [1.82, 2.24) is 73.2 Å². The Morgan fingerprint density at radius 1 is 0.650 bits per heavy atom. The van der Waals surface area contributed by atoms with E-state index in [0.717, 1.165) is 0 Å². The topological polar surface area (TPSA) is 542 Å². The first-order chi connectivity index (χ1) is 57.0. The summed E-state index contributed by atoms with van der Waals surface area (Å²) >= 11 is 1.33. The van der Waals surface area contributed by atoms with Gasteiger partial charge >= 0.3 is 12.0 Å². The van der Waals surface area contributed by atoms with Crippen molar-refractivity contribution < 1.29 is 77.3 Å². The highest BCUT2D eigenvalue weighted by molar-refractivity contribution is 7.99. The van der Waals surface area contributed by atoms with Crippen LogP contribution in [-0.4, -0.2) is 215 Å². The summed E-state index contributed by atoms with van der Waals surface area (Å²) in [6, 6.07) is 17.2. The van der Waals surface area contributed by atoms with E-state index in [1.807, 2.05) is 69.3 Å². The molecule has 1 aliphatic heterocycles. The van der Waals surface area contributed by atoms with E-state index < -0.39 is 174 Å². The number of rotatable bonds is 30. The summed E-state index contributed by atoms with van der Waals surface area (Å²) in [6.07, 6.45) is 0.297. The molecule has 648 valence electrons. The summed E-state index contributed by atoms with van der Waals surface area (Å²) in [5.41, 5.74) is 27.3. The molecular weight excluding hydrogens is 1560 g/mol. The predicted octanol–water partition coefficient (Wildman–Crippen LogP) is 1.16. The first-order valence-corrected chi connectivity index (χ1v) is 40.8. The van der Waals surface area contributed by atoms with Crippen LogP contribution in [0.3, 0.4) is 0 Å². The molecule has 2 aromatic heterocycles. The molecule has 7 rings (SSSR count). The van der Waals surface area contributed by atoms with Crippen LogP contribution >= 0.6 is 11.8 Å². The number of nitrogens with zero attached hydrogens (tertiary/aromatic N) is 4. The number of esters is 1. The molecule has 2 unspecified atom stereocenters. The van der Waals surface area contributed by atoms with Gasteiger partial charge in [-0.3, -0.25) is 67.4 Å². The number of ether oxygens (including phenoxy) is 1. The third-order valence-electron chi connectivity index (χ3n) is 20.1. The number of nitrogens with one attached hydrogen (secondary N) is 11. The fourth-order valence-corrected chi connectivity index (χ4v) is 14.2. The summed E-state index contributed by atoms with van der Waals surface area (Å²) < 4.78 is 7.26. The third-order valence-corrected chi connectivity index (χ3v) is 21.2. The van der Waals surface area contributed by atoms with Gasteiger partial charge in [0.1, 0.15) is 61.0 Å². The quantitative estimate of drug-likeness (QED) is 0.0281. The second-order valence-corrected chi connectivity index (χ2v) is 32.0. The molecule has 35 nitrogen and oxygen atoms in total. The van der Waals surface area contributed by atoms with Crippen LogP contribution in [0.4, 0.5) is 10.5 Å². The summed E-state index contributed by atoms with van der Waals surface area (Å²) in [4.78, 5) is 194. The van der Waals surface area contributed by atoms with Gasteiger partial charge in [-0.25, -0.2) is 4.79 Å². The maximum Gasteiger partial charge on any atom is 0.349 e. The van der Waals surface area contributed by atoms with E-state index >= 15 is 4.79 Å². The molecule has 120 heavy (non-hydrogen) atoms. The van der Waals surface area contributed by atoms with Crippen LogP contribution < -0.4 is 86.3 Å². The van der Waals surface area contributed by atoms with Crippen molar-refractivity contribution >= 4 is 117 Å². The van der Waals surface area contributed by atoms with Crippen molar-refractivity contribution in [3.8, 4) is 0 Å². The number of fused-ring (bicyclic) bond motifs is 1. The van der Waals surface area contributed by atoms with Gasteiger partial charge in [-0.15, -0.1) is 0 Å². The molecule has 12 amide bonds. The molecular formula is C84H115N19O16S. The Kier molecular flexibility index (Phi) is 36.3. The van der Waals surface area contributed by atoms with Gasteiger partial charge in [-0.05, 0) is 156 Å². The molecule has 0 aliphatic carbocycles. The Balaban J connectivity index is 1.12. The molecule has 3 heterocycles. The van der Waals surface area contributed by atoms with E-state index in [0.29, 0.717) is 60.0 Å². The van der Waals surface area contributed by atoms with Gasteiger partial charge in [0.15, 0.2) is 0 Å². The van der Waals surface area contributed by atoms with E-state index in [9.17, 15) is 67.7 Å². The fraction of sp³-hybridized carbons (Fsp3) is 0.464. The van der Waals surface area contributed by atoms with Crippen molar-refractivity contribution in [1.29, 1.82) is 0 Å². The maximum atomic E-state index is 15.3. The highest BCUT2D eigenvalue weighted by atomic mass is 32.2. The van der Waals surface area contributed by atoms with Crippen molar-refractivity contribution in [3.63, 3.8) is 0 Å². The van der Waals surface area contributed by atoms with Crippen molar-refractivity contribution in [2.45, 2.75) is 196 Å². The Bertz CT molecular complexity index is 4620. The first-order valence-electron chi connectivity index (χ1n) is 39.9. The predicted molar refractivity (Wildman–Crippen MR) is 452 cm³/mol. The van der Waals surface area contributed by atoms with Crippen molar-refractivity contribution in [3.05, 3.63) is 149 Å². The van der Waals surface area contributed by atoms with Crippen molar-refractivity contribution in [2.75, 3.05) is 51.7 Å². The summed E-state index contributed by atoms with van der Waals surface area (Å²) in [7, 11) is 3.12. The lowest BCUT2D eigenvalue weighted by atomic mass is 9.84. The Morgan fingerprint density at radius 2 is 1.24 bits per heavy atom. The highest BCUT2D eigenvalue weighted by Crippen LogP contribution is 2.38. The molecule has 1 saturated heterocycles. The zero-order chi connectivity index (χ0) is 88.2. The number of anilines is 1. The lowest BCUT2D eigenvalue weighted by molar-refractivity contribution is -0.153. The van der Waals surface area contributed by atoms with Gasteiger partial charge < -0.3 is 96.4 Å². The van der Waals surface area contributed by atoms with Crippen LogP contribution in [0.2, 0.25) is 0 Å². The largest absolute Gasteiger partial charge is 0.461 e. The third kappa shape index (κ3) is 26.7. The van der Waals surface area contributed by atoms with Gasteiger partial charge in [-0.2, -0.15) is 9.78 Å². The second kappa shape index (κ2) is 45.6. The van der Waals surface area contributed by atoms with Gasteiger partial charge in [0.25, 0.3) is 5.91 Å². The minimum atomic E-state index is -1.82. The Labute approximate surface area is 701 Å². The first kappa shape index (κ1) is 95.6. The number of aromatic nitrogens is 3. The number of aliphatic hydroxyl groups is 2. The van der Waals surface area contributed by atoms with Crippen molar-refractivity contribution in [2.24, 2.45) is 40.7 Å². The van der Waals surface area contributed by atoms with Crippen LogP contribution in [0.25, 0.3) is 23.1 Å². The van der Waals surface area contributed by atoms with E-state index in [1.165, 1.54) is 49.0 Å². The molecule has 0 spiro atoms. The number of carbonyl (C=O) groups excluding carboxylic acids is 13. The van der Waals surface area contributed by atoms with Crippen LogP contribution in [0.5, 0.6) is 0 Å². The number of nitrogens with two attached hydrogens (primary N) is 4. The van der Waals surface area contributed by atoms with Crippen LogP contribution in [-0.2, 0) is 75.9 Å². The SMILES string of the molecule is CNC(=O)c1ccccc1Sc1ccc2c(/C=C/c3ccccn3)nn(C(=O)N(C)c3c(COC(=O)C(C)C(C)C(=O)N[C@H](C(=O)N[C@H](CCN)C(=O)N[C@H]4CCNC(=O)[C@@H]([C@@H](C)O)NC(=O)[C@@H](CCN)NC(=O)[C@@H](CCN)NC(=O)[C@@H](CC(C)C)NC(=O)[C@@H](Cc5ccccc5)NC(=O)[C@@H](CCN)NC4=O)[C@@H](C)O)cccc3C(C)(C)C)c2c1. The van der Waals surface area contributed by atoms with Crippen LogP contribution in [0.15, 0.2) is 125 Å². The maximum absolute atomic E-state index is 15.3. The molecule has 13 atom stereocenters. The molecule has 0 saturated carbocycles. The fourth-order valence-electron chi connectivity index (χ4n) is 13.2. The van der Waals surface area contributed by atoms with Gasteiger partial charge in [0, 0.05) is 59.9 Å². The second-order valence-electron chi connectivity index (χ2n) is 30.9. The molecule has 21 N–H and O–H groups in total. The van der Waals surface area contributed by atoms with Gasteiger partial charge in [-0.1, -0.05) is 127 Å². The zero-order valence-corrected chi connectivity index (χ0v) is 70.3. The molecule has 0 radical (unpaired) electrons. The number of aliphatic hydroxyl groups excluding tert-OH is 2. The number of para-hydroxylation sites is 1. The van der Waals surface area contributed by atoms with E-state index in [4.69, 9.17) is 32.8 Å². The number of carbonyl (C=O) groups is 13. The van der Waals surface area contributed by atoms with Crippen LogP contribution in [0, 0.1) is 17.8 Å². The Hall–Kier alpha value is -11.5. The van der Waals surface area contributed by atoms with Gasteiger partial charge in [0.2, 0.25) is 59.1 Å². The lowest BCUT2D eigenvalue weighted by Crippen LogP contribution is -2.61. The van der Waals surface area contributed by atoms with Crippen LogP contribution in [0.1, 0.15) is 139 Å². The molecule has 1 aliphatic rings. The minimum Gasteiger partial charge on any atom is -0.461 e. The summed E-state index contributed by atoms with van der Waals surface area (Å²) in [5.74, 6) is -13.6. The van der Waals surface area contributed by atoms with E-state index in [2.05, 4.69) is 63.5 Å². The van der Waals surface area contributed by atoms with E-state index in [-0.39, 0.29) is 76.5 Å². The average molecular weight is 1680 g/mol. The lowest BCUT2D eigenvalue weighted by Gasteiger charge is -2.30.